The van der Waals surface area contributed by atoms with Crippen LogP contribution in [0.25, 0.3) is 0 Å². The molecule has 1 aromatic rings. The summed E-state index contributed by atoms with van der Waals surface area (Å²) >= 11 is 0. The van der Waals surface area contributed by atoms with Crippen LogP contribution in [0.2, 0.25) is 0 Å². The maximum absolute atomic E-state index is 13.2. The maximum atomic E-state index is 13.2. The predicted molar refractivity (Wildman–Crippen MR) is 50.2 cm³/mol. The van der Waals surface area contributed by atoms with Crippen LogP contribution in [0, 0.1) is 17.1 Å². The molecule has 0 bridgehead atoms. The summed E-state index contributed by atoms with van der Waals surface area (Å²) < 4.78 is 18.4. The topological polar surface area (TPSA) is 59.0 Å². The van der Waals surface area contributed by atoms with E-state index in [1.165, 1.54) is 6.07 Å². The van der Waals surface area contributed by atoms with E-state index in [1.807, 2.05) is 6.07 Å². The van der Waals surface area contributed by atoms with Crippen molar-refractivity contribution in [1.82, 2.24) is 0 Å². The van der Waals surface area contributed by atoms with Gasteiger partial charge in [0.15, 0.2) is 0 Å². The summed E-state index contributed by atoms with van der Waals surface area (Å²) in [6, 6.07) is 4.48. The van der Waals surface area contributed by atoms with Crippen molar-refractivity contribution < 1.29 is 9.13 Å². The first-order chi connectivity index (χ1) is 6.72. The summed E-state index contributed by atoms with van der Waals surface area (Å²) in [5.41, 5.74) is 5.88. The second-order valence-electron chi connectivity index (χ2n) is 2.69. The van der Waals surface area contributed by atoms with E-state index in [2.05, 4.69) is 0 Å². The Labute approximate surface area is 81.9 Å². The molecule has 1 aromatic carbocycles. The van der Waals surface area contributed by atoms with Gasteiger partial charge in [0.1, 0.15) is 17.6 Å². The normalized spacial score (nSPS) is 9.57. The van der Waals surface area contributed by atoms with Crippen LogP contribution in [0.5, 0.6) is 5.75 Å². The van der Waals surface area contributed by atoms with E-state index < -0.39 is 5.82 Å². The molecule has 0 aromatic heterocycles. The third-order valence-corrected chi connectivity index (χ3v) is 1.79. The van der Waals surface area contributed by atoms with Crippen LogP contribution in [0.4, 0.5) is 4.39 Å². The van der Waals surface area contributed by atoms with Crippen molar-refractivity contribution in [2.75, 3.05) is 6.61 Å². The Morgan fingerprint density at radius 3 is 2.79 bits per heavy atom. The lowest BCUT2D eigenvalue weighted by Gasteiger charge is -2.07. The maximum Gasteiger partial charge on any atom is 0.137 e. The molecule has 0 aliphatic carbocycles. The second-order valence-corrected chi connectivity index (χ2v) is 2.69. The molecule has 0 aliphatic rings. The standard InChI is InChI=1S/C10H11FN2O/c1-2-14-10-4-7(5-12)9(11)3-8(10)6-13/h3-4H,2,5,12H2,1H3. The molecule has 0 atom stereocenters. The summed E-state index contributed by atoms with van der Waals surface area (Å²) in [6.07, 6.45) is 0. The minimum atomic E-state index is -0.465. The van der Waals surface area contributed by atoms with E-state index in [4.69, 9.17) is 15.7 Å². The summed E-state index contributed by atoms with van der Waals surface area (Å²) in [5.74, 6) is -0.0793. The van der Waals surface area contributed by atoms with Crippen molar-refractivity contribution in [3.63, 3.8) is 0 Å². The van der Waals surface area contributed by atoms with Gasteiger partial charge >= 0.3 is 0 Å². The molecular formula is C10H11FN2O. The Balaban J connectivity index is 3.19. The minimum Gasteiger partial charge on any atom is -0.492 e. The molecule has 0 saturated carbocycles. The van der Waals surface area contributed by atoms with Crippen molar-refractivity contribution in [1.29, 1.82) is 5.26 Å². The quantitative estimate of drug-likeness (QED) is 0.794. The zero-order valence-corrected chi connectivity index (χ0v) is 7.88. The number of benzene rings is 1. The molecule has 0 aliphatic heterocycles. The molecular weight excluding hydrogens is 183 g/mol. The number of ether oxygens (including phenoxy) is 1. The summed E-state index contributed by atoms with van der Waals surface area (Å²) in [5, 5.41) is 8.71. The van der Waals surface area contributed by atoms with Crippen molar-refractivity contribution >= 4 is 0 Å². The minimum absolute atomic E-state index is 0.0949. The lowest BCUT2D eigenvalue weighted by molar-refractivity contribution is 0.338. The molecule has 0 radical (unpaired) electrons. The third kappa shape index (κ3) is 2.01. The SMILES string of the molecule is CCOc1cc(CN)c(F)cc1C#N. The van der Waals surface area contributed by atoms with Crippen LogP contribution in [-0.2, 0) is 6.54 Å². The van der Waals surface area contributed by atoms with Gasteiger partial charge in [-0.15, -0.1) is 0 Å². The van der Waals surface area contributed by atoms with Crippen LogP contribution in [0.3, 0.4) is 0 Å². The average Bonchev–Trinajstić information content (AvgIpc) is 2.20. The van der Waals surface area contributed by atoms with Gasteiger partial charge in [-0.3, -0.25) is 0 Å². The highest BCUT2D eigenvalue weighted by atomic mass is 19.1. The van der Waals surface area contributed by atoms with E-state index >= 15 is 0 Å². The fourth-order valence-corrected chi connectivity index (χ4v) is 1.11. The zero-order chi connectivity index (χ0) is 10.6. The molecule has 0 spiro atoms. The molecule has 0 amide bonds. The molecule has 14 heavy (non-hydrogen) atoms. The number of rotatable bonds is 3. The molecule has 4 heteroatoms. The fraction of sp³-hybridized carbons (Fsp3) is 0.300. The zero-order valence-electron chi connectivity index (χ0n) is 7.88. The fourth-order valence-electron chi connectivity index (χ4n) is 1.11. The molecule has 2 N–H and O–H groups in total. The first kappa shape index (κ1) is 10.5. The molecule has 74 valence electrons. The summed E-state index contributed by atoms with van der Waals surface area (Å²) in [4.78, 5) is 0. The highest BCUT2D eigenvalue weighted by Crippen LogP contribution is 2.22. The molecule has 0 unspecified atom stereocenters. The van der Waals surface area contributed by atoms with Gasteiger partial charge in [-0.1, -0.05) is 0 Å². The largest absolute Gasteiger partial charge is 0.492 e. The Kier molecular flexibility index (Phi) is 3.43. The first-order valence-electron chi connectivity index (χ1n) is 4.28. The number of hydrogen-bond acceptors (Lipinski definition) is 3. The van der Waals surface area contributed by atoms with Crippen molar-refractivity contribution in [3.05, 3.63) is 29.1 Å². The number of nitriles is 1. The number of nitrogens with two attached hydrogens (primary N) is 1. The van der Waals surface area contributed by atoms with E-state index in [1.54, 1.807) is 6.92 Å². The lowest BCUT2D eigenvalue weighted by Crippen LogP contribution is -2.03. The smallest absolute Gasteiger partial charge is 0.137 e. The highest BCUT2D eigenvalue weighted by Gasteiger charge is 2.09. The van der Waals surface area contributed by atoms with Crippen LogP contribution < -0.4 is 10.5 Å². The Bertz CT molecular complexity index is 371. The number of nitrogens with zero attached hydrogens (tertiary/aromatic N) is 1. The number of halogens is 1. The predicted octanol–water partition coefficient (Wildman–Crippen LogP) is 1.55. The van der Waals surface area contributed by atoms with Crippen LogP contribution in [0.1, 0.15) is 18.1 Å². The van der Waals surface area contributed by atoms with E-state index in [0.29, 0.717) is 17.9 Å². The van der Waals surface area contributed by atoms with Gasteiger partial charge in [-0.05, 0) is 19.1 Å². The molecule has 3 nitrogen and oxygen atoms in total. The van der Waals surface area contributed by atoms with Crippen molar-refractivity contribution in [2.45, 2.75) is 13.5 Å². The molecule has 1 rings (SSSR count). The molecule has 0 heterocycles. The van der Waals surface area contributed by atoms with Crippen molar-refractivity contribution in [3.8, 4) is 11.8 Å². The monoisotopic (exact) mass is 194 g/mol. The van der Waals surface area contributed by atoms with Gasteiger partial charge in [0.05, 0.1) is 12.2 Å². The lowest BCUT2D eigenvalue weighted by atomic mass is 10.1. The first-order valence-corrected chi connectivity index (χ1v) is 4.28. The van der Waals surface area contributed by atoms with Crippen LogP contribution >= 0.6 is 0 Å². The summed E-state index contributed by atoms with van der Waals surface area (Å²) in [7, 11) is 0. The molecule has 0 saturated heterocycles. The second kappa shape index (κ2) is 4.58. The number of hydrogen-bond donors (Lipinski definition) is 1. The Hall–Kier alpha value is -1.60. The van der Waals surface area contributed by atoms with Gasteiger partial charge in [0.2, 0.25) is 0 Å². The van der Waals surface area contributed by atoms with E-state index in [9.17, 15) is 4.39 Å². The van der Waals surface area contributed by atoms with Gasteiger partial charge < -0.3 is 10.5 Å². The van der Waals surface area contributed by atoms with Gasteiger partial charge in [-0.25, -0.2) is 4.39 Å². The highest BCUT2D eigenvalue weighted by molar-refractivity contribution is 5.46. The summed E-state index contributed by atoms with van der Waals surface area (Å²) in [6.45, 7) is 2.33. The van der Waals surface area contributed by atoms with Crippen LogP contribution in [0.15, 0.2) is 12.1 Å². The third-order valence-electron chi connectivity index (χ3n) is 1.79. The Morgan fingerprint density at radius 1 is 1.57 bits per heavy atom. The van der Waals surface area contributed by atoms with Gasteiger partial charge in [-0.2, -0.15) is 5.26 Å². The van der Waals surface area contributed by atoms with Gasteiger partial charge in [0, 0.05) is 12.1 Å². The van der Waals surface area contributed by atoms with E-state index in [0.717, 1.165) is 6.07 Å². The van der Waals surface area contributed by atoms with Crippen LogP contribution in [-0.4, -0.2) is 6.61 Å². The molecule has 0 fully saturated rings. The van der Waals surface area contributed by atoms with Gasteiger partial charge in [0.25, 0.3) is 0 Å². The average molecular weight is 194 g/mol. The van der Waals surface area contributed by atoms with Crippen molar-refractivity contribution in [2.24, 2.45) is 5.73 Å². The Morgan fingerprint density at radius 2 is 2.29 bits per heavy atom. The van der Waals surface area contributed by atoms with E-state index in [-0.39, 0.29) is 12.1 Å².